The van der Waals surface area contributed by atoms with Gasteiger partial charge < -0.3 is 14.4 Å². The summed E-state index contributed by atoms with van der Waals surface area (Å²) in [5.41, 5.74) is 3.44. The van der Waals surface area contributed by atoms with Crippen molar-refractivity contribution in [1.29, 1.82) is 5.26 Å². The van der Waals surface area contributed by atoms with Crippen LogP contribution in [-0.2, 0) is 9.47 Å². The molecule has 1 aromatic carbocycles. The summed E-state index contributed by atoms with van der Waals surface area (Å²) in [6, 6.07) is 9.92. The predicted octanol–water partition coefficient (Wildman–Crippen LogP) is 2.68. The third kappa shape index (κ3) is 2.69. The molecule has 1 aliphatic rings. The molecular weight excluding hydrogens is 344 g/mol. The molecule has 27 heavy (non-hydrogen) atoms. The Morgan fingerprint density at radius 1 is 1.33 bits per heavy atom. The van der Waals surface area contributed by atoms with Gasteiger partial charge in [-0.25, -0.2) is 9.78 Å². The molecule has 0 spiro atoms. The Kier molecular flexibility index (Phi) is 4.42. The van der Waals surface area contributed by atoms with Gasteiger partial charge in [-0.3, -0.25) is 4.40 Å². The first-order valence-electron chi connectivity index (χ1n) is 9.01. The normalized spacial score (nSPS) is 14.5. The third-order valence-electron chi connectivity index (χ3n) is 4.86. The summed E-state index contributed by atoms with van der Waals surface area (Å²) in [4.78, 5) is 19.5. The van der Waals surface area contributed by atoms with E-state index >= 15 is 0 Å². The minimum atomic E-state index is -0.490. The molecule has 1 aliphatic heterocycles. The van der Waals surface area contributed by atoms with Crippen LogP contribution in [0.5, 0.6) is 0 Å². The Balaban J connectivity index is 2.13. The topological polar surface area (TPSA) is 79.9 Å². The minimum absolute atomic E-state index is 0.248. The molecule has 1 fully saturated rings. The van der Waals surface area contributed by atoms with E-state index in [2.05, 4.69) is 16.0 Å². The highest BCUT2D eigenvalue weighted by atomic mass is 16.5. The number of fused-ring (bicyclic) bond motifs is 3. The first-order valence-corrected chi connectivity index (χ1v) is 9.01. The average Bonchev–Trinajstić information content (AvgIpc) is 3.07. The van der Waals surface area contributed by atoms with Crippen LogP contribution in [-0.4, -0.2) is 48.3 Å². The molecule has 0 unspecified atom stereocenters. The van der Waals surface area contributed by atoms with Crippen LogP contribution in [0.15, 0.2) is 24.3 Å². The number of pyridine rings is 1. The van der Waals surface area contributed by atoms with Gasteiger partial charge in [-0.15, -0.1) is 0 Å². The number of anilines is 1. The third-order valence-corrected chi connectivity index (χ3v) is 4.86. The number of aromatic nitrogens is 2. The van der Waals surface area contributed by atoms with Crippen molar-refractivity contribution >= 4 is 28.5 Å². The monoisotopic (exact) mass is 364 g/mol. The van der Waals surface area contributed by atoms with Crippen molar-refractivity contribution in [2.75, 3.05) is 37.8 Å². The van der Waals surface area contributed by atoms with Crippen molar-refractivity contribution < 1.29 is 14.3 Å². The SMILES string of the molecule is CCOC(=O)c1c(C)c(N2CCOCC2)n2c(nc3ccccc32)c1C#N. The molecule has 0 amide bonds. The Bertz CT molecular complexity index is 1070. The second-order valence-electron chi connectivity index (χ2n) is 6.39. The van der Waals surface area contributed by atoms with E-state index in [-0.39, 0.29) is 12.2 Å². The highest BCUT2D eigenvalue weighted by molar-refractivity contribution is 5.99. The fourth-order valence-electron chi connectivity index (χ4n) is 3.70. The molecule has 0 N–H and O–H groups in total. The minimum Gasteiger partial charge on any atom is -0.462 e. The van der Waals surface area contributed by atoms with E-state index in [0.29, 0.717) is 37.5 Å². The van der Waals surface area contributed by atoms with Gasteiger partial charge in [0.25, 0.3) is 0 Å². The van der Waals surface area contributed by atoms with Crippen molar-refractivity contribution in [1.82, 2.24) is 9.38 Å². The zero-order chi connectivity index (χ0) is 19.0. The van der Waals surface area contributed by atoms with E-state index in [1.165, 1.54) is 0 Å². The summed E-state index contributed by atoms with van der Waals surface area (Å²) < 4.78 is 12.7. The lowest BCUT2D eigenvalue weighted by atomic mass is 10.0. The number of morpholine rings is 1. The number of nitriles is 1. The summed E-state index contributed by atoms with van der Waals surface area (Å²) in [6.07, 6.45) is 0. The molecule has 0 atom stereocenters. The molecule has 0 saturated carbocycles. The van der Waals surface area contributed by atoms with Gasteiger partial charge in [0.05, 0.1) is 36.4 Å². The van der Waals surface area contributed by atoms with Crippen LogP contribution in [0.4, 0.5) is 5.82 Å². The lowest BCUT2D eigenvalue weighted by Gasteiger charge is -2.31. The van der Waals surface area contributed by atoms with E-state index in [4.69, 9.17) is 9.47 Å². The van der Waals surface area contributed by atoms with Crippen LogP contribution in [0.2, 0.25) is 0 Å². The Morgan fingerprint density at radius 2 is 2.07 bits per heavy atom. The Morgan fingerprint density at radius 3 is 2.78 bits per heavy atom. The lowest BCUT2D eigenvalue weighted by molar-refractivity contribution is 0.0525. The fraction of sp³-hybridized carbons (Fsp3) is 0.350. The van der Waals surface area contributed by atoms with Gasteiger partial charge in [-0.05, 0) is 26.0 Å². The quantitative estimate of drug-likeness (QED) is 0.665. The fourth-order valence-corrected chi connectivity index (χ4v) is 3.70. The Labute approximate surface area is 156 Å². The van der Waals surface area contributed by atoms with Crippen LogP contribution in [0.25, 0.3) is 16.7 Å². The van der Waals surface area contributed by atoms with Crippen LogP contribution < -0.4 is 4.90 Å². The zero-order valence-corrected chi connectivity index (χ0v) is 15.4. The van der Waals surface area contributed by atoms with Crippen molar-refractivity contribution in [3.05, 3.63) is 41.0 Å². The number of carbonyl (C=O) groups is 1. The van der Waals surface area contributed by atoms with Crippen molar-refractivity contribution in [3.8, 4) is 6.07 Å². The van der Waals surface area contributed by atoms with E-state index in [0.717, 1.165) is 22.4 Å². The van der Waals surface area contributed by atoms with Gasteiger partial charge >= 0.3 is 5.97 Å². The zero-order valence-electron chi connectivity index (χ0n) is 15.4. The number of para-hydroxylation sites is 2. The van der Waals surface area contributed by atoms with Gasteiger partial charge in [0, 0.05) is 18.7 Å². The number of rotatable bonds is 3. The van der Waals surface area contributed by atoms with Crippen molar-refractivity contribution in [3.63, 3.8) is 0 Å². The summed E-state index contributed by atoms with van der Waals surface area (Å²) >= 11 is 0. The number of carbonyl (C=O) groups excluding carboxylic acids is 1. The molecule has 0 bridgehead atoms. The molecule has 1 saturated heterocycles. The van der Waals surface area contributed by atoms with Crippen LogP contribution in [0.3, 0.4) is 0 Å². The average molecular weight is 364 g/mol. The maximum atomic E-state index is 12.7. The first-order chi connectivity index (χ1) is 13.2. The number of ether oxygens (including phenoxy) is 2. The summed E-state index contributed by atoms with van der Waals surface area (Å²) in [7, 11) is 0. The molecule has 4 rings (SSSR count). The maximum absolute atomic E-state index is 12.7. The van der Waals surface area contributed by atoms with Crippen LogP contribution in [0, 0.1) is 18.3 Å². The highest BCUT2D eigenvalue weighted by Gasteiger charge is 2.28. The Hall–Kier alpha value is -3.11. The number of imidazole rings is 1. The molecule has 3 heterocycles. The standard InChI is InChI=1S/C20H20N4O3/c1-3-27-20(25)17-13(2)19(23-8-10-26-11-9-23)24-16-7-5-4-6-15(16)22-18(24)14(17)12-21/h4-7H,3,8-11H2,1-2H3. The molecule has 7 nitrogen and oxygen atoms in total. The molecule has 3 aromatic rings. The van der Waals surface area contributed by atoms with E-state index in [9.17, 15) is 10.1 Å². The van der Waals surface area contributed by atoms with E-state index in [1.54, 1.807) is 6.92 Å². The van der Waals surface area contributed by atoms with Gasteiger partial charge in [-0.2, -0.15) is 5.26 Å². The van der Waals surface area contributed by atoms with Crippen molar-refractivity contribution in [2.45, 2.75) is 13.8 Å². The lowest BCUT2D eigenvalue weighted by Crippen LogP contribution is -2.38. The second kappa shape index (κ2) is 6.89. The number of hydrogen-bond donors (Lipinski definition) is 0. The number of nitrogens with zero attached hydrogens (tertiary/aromatic N) is 4. The summed E-state index contributed by atoms with van der Waals surface area (Å²) in [5.74, 6) is 0.375. The number of hydrogen-bond acceptors (Lipinski definition) is 6. The maximum Gasteiger partial charge on any atom is 0.340 e. The first kappa shape index (κ1) is 17.3. The predicted molar refractivity (Wildman–Crippen MR) is 101 cm³/mol. The molecule has 0 radical (unpaired) electrons. The summed E-state index contributed by atoms with van der Waals surface area (Å²) in [5, 5.41) is 9.84. The number of benzene rings is 1. The number of esters is 1. The van der Waals surface area contributed by atoms with Gasteiger partial charge in [-0.1, -0.05) is 12.1 Å². The van der Waals surface area contributed by atoms with Crippen LogP contribution in [0.1, 0.15) is 28.4 Å². The van der Waals surface area contributed by atoms with Gasteiger partial charge in [0.2, 0.25) is 0 Å². The van der Waals surface area contributed by atoms with E-state index in [1.807, 2.05) is 35.6 Å². The van der Waals surface area contributed by atoms with Gasteiger partial charge in [0.1, 0.15) is 17.5 Å². The smallest absolute Gasteiger partial charge is 0.340 e. The molecule has 138 valence electrons. The van der Waals surface area contributed by atoms with Gasteiger partial charge in [0.15, 0.2) is 5.65 Å². The second-order valence-corrected chi connectivity index (χ2v) is 6.39. The molecule has 0 aliphatic carbocycles. The van der Waals surface area contributed by atoms with Crippen LogP contribution >= 0.6 is 0 Å². The summed E-state index contributed by atoms with van der Waals surface area (Å²) in [6.45, 7) is 6.51. The highest BCUT2D eigenvalue weighted by Crippen LogP contribution is 2.33. The van der Waals surface area contributed by atoms with E-state index < -0.39 is 5.97 Å². The molecule has 2 aromatic heterocycles. The largest absolute Gasteiger partial charge is 0.462 e. The molecule has 7 heteroatoms. The molecular formula is C20H20N4O3. The van der Waals surface area contributed by atoms with Crippen molar-refractivity contribution in [2.24, 2.45) is 0 Å².